The normalized spacial score (nSPS) is 21.3. The van der Waals surface area contributed by atoms with Gasteiger partial charge in [-0.25, -0.2) is 0 Å². The van der Waals surface area contributed by atoms with Crippen LogP contribution in [0.5, 0.6) is 0 Å². The molecule has 2 aliphatic rings. The average Bonchev–Trinajstić information content (AvgIpc) is 3.24. The highest BCUT2D eigenvalue weighted by molar-refractivity contribution is 9.10. The second-order valence-electron chi connectivity index (χ2n) is 6.02. The van der Waals surface area contributed by atoms with E-state index in [1.165, 1.54) is 37.8 Å². The minimum Gasteiger partial charge on any atom is -0.310 e. The van der Waals surface area contributed by atoms with E-state index in [1.54, 1.807) is 0 Å². The molecule has 0 radical (unpaired) electrons. The summed E-state index contributed by atoms with van der Waals surface area (Å²) in [5.41, 5.74) is 1.39. The van der Waals surface area contributed by atoms with E-state index < -0.39 is 0 Å². The van der Waals surface area contributed by atoms with Crippen LogP contribution in [0.15, 0.2) is 28.7 Å². The van der Waals surface area contributed by atoms with Crippen LogP contribution >= 0.6 is 15.9 Å². The lowest BCUT2D eigenvalue weighted by atomic mass is 9.97. The van der Waals surface area contributed by atoms with Crippen LogP contribution in [0, 0.1) is 17.8 Å². The van der Waals surface area contributed by atoms with Gasteiger partial charge in [0.15, 0.2) is 0 Å². The molecule has 1 atom stereocenters. The fourth-order valence-electron chi connectivity index (χ4n) is 2.95. The van der Waals surface area contributed by atoms with E-state index in [0.717, 1.165) is 22.2 Å². The van der Waals surface area contributed by atoms with E-state index >= 15 is 0 Å². The predicted molar refractivity (Wildman–Crippen MR) is 79.5 cm³/mol. The van der Waals surface area contributed by atoms with Crippen LogP contribution in [0.25, 0.3) is 0 Å². The zero-order valence-corrected chi connectivity index (χ0v) is 12.6. The minimum atomic E-state index is 0.470. The molecule has 0 aliphatic heterocycles. The van der Waals surface area contributed by atoms with Gasteiger partial charge in [-0.15, -0.1) is 0 Å². The molecule has 2 aliphatic carbocycles. The molecule has 18 heavy (non-hydrogen) atoms. The van der Waals surface area contributed by atoms with Crippen molar-refractivity contribution < 1.29 is 0 Å². The molecule has 0 spiro atoms. The Bertz CT molecular complexity index is 380. The number of rotatable bonds is 6. The molecule has 2 saturated carbocycles. The van der Waals surface area contributed by atoms with Crippen LogP contribution in [0.4, 0.5) is 0 Å². The fourth-order valence-corrected chi connectivity index (χ4v) is 3.21. The molecule has 3 rings (SSSR count). The van der Waals surface area contributed by atoms with Crippen molar-refractivity contribution in [2.24, 2.45) is 17.8 Å². The quantitative estimate of drug-likeness (QED) is 0.814. The summed E-state index contributed by atoms with van der Waals surface area (Å²) < 4.78 is 1.16. The standard InChI is InChI=1S/C16H22BrN/c1-11(12-6-8-15(17)9-7-12)18-10-16(13-2-3-13)14-4-5-14/h6-9,11,13-14,16,18H,2-5,10H2,1H3. The molecule has 1 aromatic rings. The zero-order valence-electron chi connectivity index (χ0n) is 11.0. The molecule has 0 heterocycles. The Kier molecular flexibility index (Phi) is 3.76. The van der Waals surface area contributed by atoms with Gasteiger partial charge >= 0.3 is 0 Å². The Labute approximate surface area is 118 Å². The van der Waals surface area contributed by atoms with E-state index in [4.69, 9.17) is 0 Å². The summed E-state index contributed by atoms with van der Waals surface area (Å²) in [5.74, 6) is 3.05. The van der Waals surface area contributed by atoms with Gasteiger partial charge < -0.3 is 5.32 Å². The largest absolute Gasteiger partial charge is 0.310 e. The maximum atomic E-state index is 3.75. The molecule has 0 amide bonds. The summed E-state index contributed by atoms with van der Waals surface area (Å²) >= 11 is 3.49. The summed E-state index contributed by atoms with van der Waals surface area (Å²) in [5, 5.41) is 3.75. The highest BCUT2D eigenvalue weighted by atomic mass is 79.9. The van der Waals surface area contributed by atoms with E-state index in [-0.39, 0.29) is 0 Å². The first kappa shape index (κ1) is 12.7. The SMILES string of the molecule is CC(NCC(C1CC1)C1CC1)c1ccc(Br)cc1. The van der Waals surface area contributed by atoms with E-state index in [2.05, 4.69) is 52.4 Å². The van der Waals surface area contributed by atoms with Gasteiger partial charge in [-0.05, 0) is 74.6 Å². The highest BCUT2D eigenvalue weighted by Gasteiger charge is 2.40. The van der Waals surface area contributed by atoms with Gasteiger partial charge in [0.1, 0.15) is 0 Å². The number of benzene rings is 1. The third-order valence-electron chi connectivity index (χ3n) is 4.48. The maximum Gasteiger partial charge on any atom is 0.0291 e. The number of hydrogen-bond acceptors (Lipinski definition) is 1. The molecule has 1 N–H and O–H groups in total. The van der Waals surface area contributed by atoms with Crippen LogP contribution in [-0.4, -0.2) is 6.54 Å². The van der Waals surface area contributed by atoms with E-state index in [9.17, 15) is 0 Å². The molecular weight excluding hydrogens is 286 g/mol. The number of halogens is 1. The maximum absolute atomic E-state index is 3.75. The topological polar surface area (TPSA) is 12.0 Å². The monoisotopic (exact) mass is 307 g/mol. The molecule has 98 valence electrons. The van der Waals surface area contributed by atoms with Crippen LogP contribution in [0.3, 0.4) is 0 Å². The lowest BCUT2D eigenvalue weighted by molar-refractivity contribution is 0.362. The first-order chi connectivity index (χ1) is 8.74. The molecule has 2 fully saturated rings. The number of hydrogen-bond donors (Lipinski definition) is 1. The summed E-state index contributed by atoms with van der Waals surface area (Å²) in [6, 6.07) is 9.16. The second-order valence-corrected chi connectivity index (χ2v) is 6.94. The van der Waals surface area contributed by atoms with Crippen molar-refractivity contribution in [3.63, 3.8) is 0 Å². The molecule has 1 aromatic carbocycles. The Morgan fingerprint density at radius 2 is 1.67 bits per heavy atom. The first-order valence-corrected chi connectivity index (χ1v) is 8.02. The molecule has 1 unspecified atom stereocenters. The molecule has 0 saturated heterocycles. The smallest absolute Gasteiger partial charge is 0.0291 e. The average molecular weight is 308 g/mol. The van der Waals surface area contributed by atoms with Gasteiger partial charge in [-0.2, -0.15) is 0 Å². The van der Waals surface area contributed by atoms with Crippen LogP contribution in [0.1, 0.15) is 44.2 Å². The minimum absolute atomic E-state index is 0.470. The Morgan fingerprint density at radius 1 is 1.11 bits per heavy atom. The van der Waals surface area contributed by atoms with Crippen molar-refractivity contribution >= 4 is 15.9 Å². The summed E-state index contributed by atoms with van der Waals surface area (Å²) in [7, 11) is 0. The first-order valence-electron chi connectivity index (χ1n) is 7.23. The Balaban J connectivity index is 1.53. The lowest BCUT2D eigenvalue weighted by Gasteiger charge is -2.20. The molecular formula is C16H22BrN. The highest BCUT2D eigenvalue weighted by Crippen LogP contribution is 2.48. The molecule has 0 bridgehead atoms. The molecule has 2 heteroatoms. The summed E-state index contributed by atoms with van der Waals surface area (Å²) in [4.78, 5) is 0. The van der Waals surface area contributed by atoms with Crippen LogP contribution < -0.4 is 5.32 Å². The van der Waals surface area contributed by atoms with E-state index in [0.29, 0.717) is 6.04 Å². The van der Waals surface area contributed by atoms with Crippen molar-refractivity contribution in [1.29, 1.82) is 0 Å². The summed E-state index contributed by atoms with van der Waals surface area (Å²) in [6.45, 7) is 3.49. The van der Waals surface area contributed by atoms with Gasteiger partial charge in [0.05, 0.1) is 0 Å². The second kappa shape index (κ2) is 5.34. The van der Waals surface area contributed by atoms with Crippen molar-refractivity contribution in [1.82, 2.24) is 5.32 Å². The third-order valence-corrected chi connectivity index (χ3v) is 5.01. The van der Waals surface area contributed by atoms with Gasteiger partial charge in [0.2, 0.25) is 0 Å². The Morgan fingerprint density at radius 3 is 2.17 bits per heavy atom. The van der Waals surface area contributed by atoms with Gasteiger partial charge in [-0.3, -0.25) is 0 Å². The van der Waals surface area contributed by atoms with Crippen molar-refractivity contribution in [3.8, 4) is 0 Å². The molecule has 0 aromatic heterocycles. The lowest BCUT2D eigenvalue weighted by Crippen LogP contribution is -2.28. The van der Waals surface area contributed by atoms with Crippen LogP contribution in [0.2, 0.25) is 0 Å². The van der Waals surface area contributed by atoms with Gasteiger partial charge in [0.25, 0.3) is 0 Å². The predicted octanol–water partition coefficient (Wildman–Crippen LogP) is 4.54. The van der Waals surface area contributed by atoms with Crippen molar-refractivity contribution in [2.45, 2.75) is 38.6 Å². The van der Waals surface area contributed by atoms with Crippen LogP contribution in [-0.2, 0) is 0 Å². The van der Waals surface area contributed by atoms with Crippen molar-refractivity contribution in [3.05, 3.63) is 34.3 Å². The fraction of sp³-hybridized carbons (Fsp3) is 0.625. The van der Waals surface area contributed by atoms with E-state index in [1.807, 2.05) is 0 Å². The molecule has 1 nitrogen and oxygen atoms in total. The van der Waals surface area contributed by atoms with Gasteiger partial charge in [0, 0.05) is 10.5 Å². The van der Waals surface area contributed by atoms with Crippen molar-refractivity contribution in [2.75, 3.05) is 6.54 Å². The van der Waals surface area contributed by atoms with Gasteiger partial charge in [-0.1, -0.05) is 28.1 Å². The summed E-state index contributed by atoms with van der Waals surface area (Å²) in [6.07, 6.45) is 5.93. The third kappa shape index (κ3) is 3.16. The number of nitrogens with one attached hydrogen (secondary N) is 1. The Hall–Kier alpha value is -0.340. The zero-order chi connectivity index (χ0) is 12.5.